The molecule has 0 radical (unpaired) electrons. The van der Waals surface area contributed by atoms with Gasteiger partial charge in [-0.15, -0.1) is 0 Å². The Morgan fingerprint density at radius 2 is 2.05 bits per heavy atom. The summed E-state index contributed by atoms with van der Waals surface area (Å²) in [7, 11) is 1.59. The van der Waals surface area contributed by atoms with Crippen LogP contribution in [0.4, 0.5) is 5.82 Å². The van der Waals surface area contributed by atoms with Gasteiger partial charge in [0, 0.05) is 5.56 Å². The quantitative estimate of drug-likeness (QED) is 0.881. The molecule has 1 N–H and O–H groups in total. The van der Waals surface area contributed by atoms with Crippen molar-refractivity contribution in [2.24, 2.45) is 0 Å². The Morgan fingerprint density at radius 3 is 2.79 bits per heavy atom. The fraction of sp³-hybridized carbons (Fsp3) is 0.143. The van der Waals surface area contributed by atoms with Crippen molar-refractivity contribution in [3.05, 3.63) is 52.6 Å². The molecule has 0 saturated carbocycles. The minimum absolute atomic E-state index is 0.130. The number of para-hydroxylation sites is 1. The van der Waals surface area contributed by atoms with E-state index in [4.69, 9.17) is 4.74 Å². The van der Waals surface area contributed by atoms with Crippen molar-refractivity contribution in [3.63, 3.8) is 0 Å². The van der Waals surface area contributed by atoms with Gasteiger partial charge in [0.05, 0.1) is 13.5 Å². The number of pyridine rings is 1. The van der Waals surface area contributed by atoms with E-state index in [0.29, 0.717) is 16.2 Å². The minimum atomic E-state index is -0.130. The van der Waals surface area contributed by atoms with Gasteiger partial charge < -0.3 is 10.1 Å². The zero-order valence-electron chi connectivity index (χ0n) is 10.4. The first kappa shape index (κ1) is 13.5. The van der Waals surface area contributed by atoms with Gasteiger partial charge in [0.15, 0.2) is 0 Å². The average Bonchev–Trinajstić information content (AvgIpc) is 2.39. The number of rotatable bonds is 4. The van der Waals surface area contributed by atoms with Crippen molar-refractivity contribution in [1.29, 1.82) is 0 Å². The molecule has 0 spiro atoms. The lowest BCUT2D eigenvalue weighted by Gasteiger charge is -2.08. The second kappa shape index (κ2) is 6.33. The van der Waals surface area contributed by atoms with Crippen LogP contribution in [0.1, 0.15) is 5.56 Å². The Bertz CT molecular complexity index is 587. The van der Waals surface area contributed by atoms with E-state index in [1.807, 2.05) is 30.3 Å². The molecule has 0 unspecified atom stereocenters. The second-order valence-corrected chi connectivity index (χ2v) is 4.69. The van der Waals surface area contributed by atoms with Gasteiger partial charge in [0.25, 0.3) is 0 Å². The molecule has 0 aliphatic heterocycles. The van der Waals surface area contributed by atoms with Crippen LogP contribution in [-0.2, 0) is 11.2 Å². The number of halogens is 1. The van der Waals surface area contributed by atoms with Crippen molar-refractivity contribution < 1.29 is 9.53 Å². The van der Waals surface area contributed by atoms with Crippen LogP contribution >= 0.6 is 15.9 Å². The van der Waals surface area contributed by atoms with Crippen LogP contribution in [0.5, 0.6) is 5.75 Å². The number of hydrogen-bond acceptors (Lipinski definition) is 3. The van der Waals surface area contributed by atoms with E-state index in [0.717, 1.165) is 5.56 Å². The van der Waals surface area contributed by atoms with Gasteiger partial charge in [-0.2, -0.15) is 0 Å². The Morgan fingerprint density at radius 1 is 1.26 bits per heavy atom. The van der Waals surface area contributed by atoms with Crippen LogP contribution < -0.4 is 10.1 Å². The summed E-state index contributed by atoms with van der Waals surface area (Å²) in [5.41, 5.74) is 0.845. The fourth-order valence-electron chi connectivity index (χ4n) is 1.69. The molecule has 2 rings (SSSR count). The Labute approximate surface area is 119 Å². The first-order valence-corrected chi connectivity index (χ1v) is 6.52. The molecule has 0 saturated heterocycles. The summed E-state index contributed by atoms with van der Waals surface area (Å²) >= 11 is 3.26. The Balaban J connectivity index is 2.05. The third-order valence-electron chi connectivity index (χ3n) is 2.53. The van der Waals surface area contributed by atoms with Crippen LogP contribution in [0, 0.1) is 0 Å². The van der Waals surface area contributed by atoms with E-state index in [-0.39, 0.29) is 12.3 Å². The summed E-state index contributed by atoms with van der Waals surface area (Å²) in [6, 6.07) is 12.8. The highest BCUT2D eigenvalue weighted by Gasteiger charge is 2.09. The van der Waals surface area contributed by atoms with Gasteiger partial charge in [0.2, 0.25) is 5.91 Å². The van der Waals surface area contributed by atoms with Crippen LogP contribution in [0.2, 0.25) is 0 Å². The molecule has 0 atom stereocenters. The summed E-state index contributed by atoms with van der Waals surface area (Å²) < 4.78 is 5.90. The van der Waals surface area contributed by atoms with E-state index in [2.05, 4.69) is 26.2 Å². The molecule has 4 nitrogen and oxygen atoms in total. The lowest BCUT2D eigenvalue weighted by Crippen LogP contribution is -2.15. The largest absolute Gasteiger partial charge is 0.496 e. The maximum absolute atomic E-state index is 11.9. The lowest BCUT2D eigenvalue weighted by atomic mass is 10.1. The molecule has 1 aromatic heterocycles. The van der Waals surface area contributed by atoms with Crippen molar-refractivity contribution in [2.45, 2.75) is 6.42 Å². The Hall–Kier alpha value is -1.88. The van der Waals surface area contributed by atoms with Gasteiger partial charge in [-0.3, -0.25) is 4.79 Å². The third kappa shape index (κ3) is 3.79. The van der Waals surface area contributed by atoms with E-state index in [1.54, 1.807) is 19.2 Å². The highest BCUT2D eigenvalue weighted by molar-refractivity contribution is 9.10. The third-order valence-corrected chi connectivity index (χ3v) is 2.97. The van der Waals surface area contributed by atoms with Crippen LogP contribution in [-0.4, -0.2) is 18.0 Å². The molecular weight excluding hydrogens is 308 g/mol. The molecule has 5 heteroatoms. The summed E-state index contributed by atoms with van der Waals surface area (Å²) in [5.74, 6) is 1.10. The molecule has 0 aliphatic rings. The smallest absolute Gasteiger partial charge is 0.230 e. The number of anilines is 1. The summed E-state index contributed by atoms with van der Waals surface area (Å²) in [6.07, 6.45) is 0.248. The zero-order chi connectivity index (χ0) is 13.7. The number of methoxy groups -OCH3 is 1. The molecule has 1 aromatic carbocycles. The number of amides is 1. The molecule has 0 bridgehead atoms. The highest BCUT2D eigenvalue weighted by Crippen LogP contribution is 2.18. The predicted octanol–water partition coefficient (Wildman–Crippen LogP) is 3.03. The topological polar surface area (TPSA) is 51.2 Å². The van der Waals surface area contributed by atoms with Crippen molar-refractivity contribution in [2.75, 3.05) is 12.4 Å². The molecule has 0 fully saturated rings. The molecule has 98 valence electrons. The second-order valence-electron chi connectivity index (χ2n) is 3.88. The highest BCUT2D eigenvalue weighted by atomic mass is 79.9. The lowest BCUT2D eigenvalue weighted by molar-refractivity contribution is -0.115. The van der Waals surface area contributed by atoms with Gasteiger partial charge in [0.1, 0.15) is 16.2 Å². The first-order valence-electron chi connectivity index (χ1n) is 5.73. The number of carbonyl (C=O) groups is 1. The predicted molar refractivity (Wildman–Crippen MR) is 77.3 cm³/mol. The monoisotopic (exact) mass is 320 g/mol. The zero-order valence-corrected chi connectivity index (χ0v) is 12.0. The molecular formula is C14H13BrN2O2. The van der Waals surface area contributed by atoms with Crippen molar-refractivity contribution in [3.8, 4) is 5.75 Å². The summed E-state index contributed by atoms with van der Waals surface area (Å²) in [4.78, 5) is 16.1. The number of ether oxygens (including phenoxy) is 1. The molecule has 1 heterocycles. The molecule has 1 amide bonds. The number of nitrogens with one attached hydrogen (secondary N) is 1. The Kier molecular flexibility index (Phi) is 4.52. The van der Waals surface area contributed by atoms with Crippen molar-refractivity contribution in [1.82, 2.24) is 4.98 Å². The van der Waals surface area contributed by atoms with E-state index >= 15 is 0 Å². The van der Waals surface area contributed by atoms with Gasteiger partial charge in [-0.25, -0.2) is 4.98 Å². The van der Waals surface area contributed by atoms with Crippen LogP contribution in [0.25, 0.3) is 0 Å². The SMILES string of the molecule is COc1ccccc1CC(=O)Nc1cccc(Br)n1. The molecule has 19 heavy (non-hydrogen) atoms. The average molecular weight is 321 g/mol. The molecule has 0 aliphatic carbocycles. The number of carbonyl (C=O) groups excluding carboxylic acids is 1. The van der Waals surface area contributed by atoms with Gasteiger partial charge >= 0.3 is 0 Å². The van der Waals surface area contributed by atoms with Gasteiger partial charge in [-0.05, 0) is 34.1 Å². The minimum Gasteiger partial charge on any atom is -0.496 e. The van der Waals surface area contributed by atoms with E-state index < -0.39 is 0 Å². The van der Waals surface area contributed by atoms with E-state index in [9.17, 15) is 4.79 Å². The molecule has 2 aromatic rings. The van der Waals surface area contributed by atoms with Gasteiger partial charge in [-0.1, -0.05) is 24.3 Å². The summed E-state index contributed by atoms with van der Waals surface area (Å²) in [5, 5.41) is 2.75. The number of nitrogens with zero attached hydrogens (tertiary/aromatic N) is 1. The van der Waals surface area contributed by atoms with Crippen molar-refractivity contribution >= 4 is 27.7 Å². The number of hydrogen-bond donors (Lipinski definition) is 1. The van der Waals surface area contributed by atoms with E-state index in [1.165, 1.54) is 0 Å². The number of benzene rings is 1. The normalized spacial score (nSPS) is 10.0. The fourth-order valence-corrected chi connectivity index (χ4v) is 2.03. The summed E-state index contributed by atoms with van der Waals surface area (Å²) in [6.45, 7) is 0. The standard InChI is InChI=1S/C14H13BrN2O2/c1-19-11-6-3-2-5-10(11)9-14(18)17-13-8-4-7-12(15)16-13/h2-8H,9H2,1H3,(H,16,17,18). The number of aromatic nitrogens is 1. The maximum atomic E-state index is 11.9. The van der Waals surface area contributed by atoms with Crippen LogP contribution in [0.15, 0.2) is 47.1 Å². The first-order chi connectivity index (χ1) is 9.19. The van der Waals surface area contributed by atoms with Crippen LogP contribution in [0.3, 0.4) is 0 Å². The maximum Gasteiger partial charge on any atom is 0.230 e.